The lowest BCUT2D eigenvalue weighted by atomic mass is 9.88. The smallest absolute Gasteiger partial charge is 0.164 e. The van der Waals surface area contributed by atoms with Gasteiger partial charge in [0.15, 0.2) is 17.5 Å². The molecule has 1 heterocycles. The van der Waals surface area contributed by atoms with Crippen LogP contribution in [0.1, 0.15) is 5.56 Å². The average molecular weight is 613 g/mol. The molecule has 4 nitrogen and oxygen atoms in total. The number of benzene rings is 7. The van der Waals surface area contributed by atoms with E-state index in [0.717, 1.165) is 50.1 Å². The van der Waals surface area contributed by atoms with Crippen LogP contribution in [0.15, 0.2) is 170 Å². The summed E-state index contributed by atoms with van der Waals surface area (Å²) in [4.78, 5) is 14.7. The van der Waals surface area contributed by atoms with Crippen LogP contribution in [0.25, 0.3) is 78.3 Å². The van der Waals surface area contributed by atoms with Crippen molar-refractivity contribution in [1.82, 2.24) is 15.0 Å². The Bertz CT molecular complexity index is 2370. The summed E-state index contributed by atoms with van der Waals surface area (Å²) < 4.78 is 0. The van der Waals surface area contributed by atoms with Gasteiger partial charge in [0.1, 0.15) is 0 Å². The molecule has 0 saturated heterocycles. The van der Waals surface area contributed by atoms with Gasteiger partial charge >= 0.3 is 0 Å². The molecule has 0 spiro atoms. The zero-order chi connectivity index (χ0) is 32.3. The van der Waals surface area contributed by atoms with Gasteiger partial charge in [0.25, 0.3) is 0 Å². The molecule has 0 fully saturated rings. The first-order valence-corrected chi connectivity index (χ1v) is 15.8. The topological polar surface area (TPSA) is 62.5 Å². The number of nitriles is 1. The molecule has 4 heteroatoms. The normalized spacial score (nSPS) is 10.9. The van der Waals surface area contributed by atoms with E-state index in [9.17, 15) is 5.26 Å². The predicted octanol–water partition coefficient (Wildman–Crippen LogP) is 10.9. The Hall–Kier alpha value is -6.70. The maximum atomic E-state index is 9.64. The first-order chi connectivity index (χ1) is 23.7. The second-order valence-electron chi connectivity index (χ2n) is 11.6. The van der Waals surface area contributed by atoms with E-state index in [1.54, 1.807) is 0 Å². The highest BCUT2D eigenvalue weighted by Gasteiger charge is 2.15. The predicted molar refractivity (Wildman–Crippen MR) is 195 cm³/mol. The molecule has 0 aliphatic heterocycles. The summed E-state index contributed by atoms with van der Waals surface area (Å²) in [5.74, 6) is 1.90. The lowest BCUT2D eigenvalue weighted by Gasteiger charge is -2.15. The molecule has 0 aliphatic rings. The van der Waals surface area contributed by atoms with Crippen molar-refractivity contribution in [3.8, 4) is 73.6 Å². The highest BCUT2D eigenvalue weighted by Crippen LogP contribution is 2.39. The molecule has 8 aromatic rings. The zero-order valence-electron chi connectivity index (χ0n) is 26.0. The highest BCUT2D eigenvalue weighted by molar-refractivity contribution is 6.04. The number of rotatable bonds is 6. The second kappa shape index (κ2) is 12.6. The van der Waals surface area contributed by atoms with Gasteiger partial charge in [-0.05, 0) is 50.2 Å². The van der Waals surface area contributed by atoms with Crippen LogP contribution in [0.4, 0.5) is 0 Å². The summed E-state index contributed by atoms with van der Waals surface area (Å²) in [7, 11) is 0. The Morgan fingerprint density at radius 2 is 0.812 bits per heavy atom. The van der Waals surface area contributed by atoms with Gasteiger partial charge in [0.05, 0.1) is 11.6 Å². The Labute approximate surface area is 279 Å². The van der Waals surface area contributed by atoms with Crippen molar-refractivity contribution in [2.75, 3.05) is 0 Å². The molecule has 7 aromatic carbocycles. The van der Waals surface area contributed by atoms with Crippen molar-refractivity contribution in [1.29, 1.82) is 5.26 Å². The van der Waals surface area contributed by atoms with Crippen LogP contribution < -0.4 is 0 Å². The van der Waals surface area contributed by atoms with Crippen molar-refractivity contribution >= 4 is 10.8 Å². The van der Waals surface area contributed by atoms with Gasteiger partial charge in [-0.15, -0.1) is 0 Å². The number of fused-ring (bicyclic) bond motifs is 1. The van der Waals surface area contributed by atoms with Crippen LogP contribution in [0, 0.1) is 11.3 Å². The van der Waals surface area contributed by atoms with E-state index in [0.29, 0.717) is 23.0 Å². The summed E-state index contributed by atoms with van der Waals surface area (Å²) in [5, 5.41) is 12.0. The van der Waals surface area contributed by atoms with E-state index in [4.69, 9.17) is 15.0 Å². The minimum Gasteiger partial charge on any atom is -0.208 e. The van der Waals surface area contributed by atoms with Gasteiger partial charge in [0, 0.05) is 16.7 Å². The fourth-order valence-electron chi connectivity index (χ4n) is 6.21. The molecule has 0 N–H and O–H groups in total. The molecule has 0 saturated carbocycles. The van der Waals surface area contributed by atoms with Crippen molar-refractivity contribution in [3.05, 3.63) is 175 Å². The van der Waals surface area contributed by atoms with Gasteiger partial charge in [0.2, 0.25) is 0 Å². The Kier molecular flexibility index (Phi) is 7.54. The van der Waals surface area contributed by atoms with E-state index in [1.165, 1.54) is 10.8 Å². The van der Waals surface area contributed by atoms with Gasteiger partial charge in [-0.2, -0.15) is 5.26 Å². The lowest BCUT2D eigenvalue weighted by molar-refractivity contribution is 1.07. The van der Waals surface area contributed by atoms with Gasteiger partial charge in [-0.1, -0.05) is 164 Å². The third-order valence-electron chi connectivity index (χ3n) is 8.61. The minimum atomic E-state index is 0.626. The molecule has 0 radical (unpaired) electrons. The highest BCUT2D eigenvalue weighted by atomic mass is 15.0. The third kappa shape index (κ3) is 5.51. The SMILES string of the molecule is N#Cc1ccccc1-c1ccc(-c2ccc3ccccc3c2-c2ccc(-c3nc(-c4ccccc4)nc(-c4ccccc4)n3)cc2)cc1. The molecule has 0 amide bonds. The summed E-state index contributed by atoms with van der Waals surface area (Å²) >= 11 is 0. The van der Waals surface area contributed by atoms with E-state index >= 15 is 0 Å². The van der Waals surface area contributed by atoms with Gasteiger partial charge in [-0.25, -0.2) is 15.0 Å². The Balaban J connectivity index is 1.22. The van der Waals surface area contributed by atoms with Gasteiger partial charge < -0.3 is 0 Å². The van der Waals surface area contributed by atoms with E-state index in [2.05, 4.69) is 91.0 Å². The molecular formula is C44H28N4. The van der Waals surface area contributed by atoms with Crippen LogP contribution in [0.2, 0.25) is 0 Å². The summed E-state index contributed by atoms with van der Waals surface area (Å²) in [6, 6.07) is 60.0. The zero-order valence-corrected chi connectivity index (χ0v) is 26.0. The molecule has 0 unspecified atom stereocenters. The van der Waals surface area contributed by atoms with Crippen molar-refractivity contribution in [2.45, 2.75) is 0 Å². The van der Waals surface area contributed by atoms with Crippen molar-refractivity contribution in [2.24, 2.45) is 0 Å². The molecule has 1 aromatic heterocycles. The number of hydrogen-bond acceptors (Lipinski definition) is 4. The van der Waals surface area contributed by atoms with Crippen LogP contribution in [-0.2, 0) is 0 Å². The summed E-state index contributed by atoms with van der Waals surface area (Å²) in [6.45, 7) is 0. The molecule has 0 atom stereocenters. The van der Waals surface area contributed by atoms with E-state index < -0.39 is 0 Å². The average Bonchev–Trinajstić information content (AvgIpc) is 3.18. The van der Waals surface area contributed by atoms with Crippen LogP contribution >= 0.6 is 0 Å². The monoisotopic (exact) mass is 612 g/mol. The Morgan fingerprint density at radius 3 is 1.42 bits per heavy atom. The molecule has 48 heavy (non-hydrogen) atoms. The fraction of sp³-hybridized carbons (Fsp3) is 0. The molecule has 0 bridgehead atoms. The van der Waals surface area contributed by atoms with E-state index in [-0.39, 0.29) is 0 Å². The maximum absolute atomic E-state index is 9.64. The number of hydrogen-bond donors (Lipinski definition) is 0. The summed E-state index contributed by atoms with van der Waals surface area (Å²) in [5.41, 5.74) is 9.93. The fourth-order valence-corrected chi connectivity index (χ4v) is 6.21. The maximum Gasteiger partial charge on any atom is 0.164 e. The first-order valence-electron chi connectivity index (χ1n) is 15.8. The van der Waals surface area contributed by atoms with E-state index in [1.807, 2.05) is 84.9 Å². The second-order valence-corrected chi connectivity index (χ2v) is 11.6. The quantitative estimate of drug-likeness (QED) is 0.187. The first kappa shape index (κ1) is 28.8. The Morgan fingerprint density at radius 1 is 0.354 bits per heavy atom. The number of aromatic nitrogens is 3. The van der Waals surface area contributed by atoms with Crippen LogP contribution in [-0.4, -0.2) is 15.0 Å². The molecule has 0 aliphatic carbocycles. The lowest BCUT2D eigenvalue weighted by Crippen LogP contribution is -2.00. The standard InChI is InChI=1S/C44H28N4/c45-29-37-16-8-9-17-38(37)31-19-21-32(22-20-31)40-28-27-30-11-7-10-18-39(30)41(40)33-23-25-36(26-24-33)44-47-42(34-12-3-1-4-13-34)46-43(48-44)35-14-5-2-6-15-35/h1-28H. The van der Waals surface area contributed by atoms with Crippen LogP contribution in [0.3, 0.4) is 0 Å². The minimum absolute atomic E-state index is 0.626. The molecule has 8 rings (SSSR count). The summed E-state index contributed by atoms with van der Waals surface area (Å²) in [6.07, 6.45) is 0. The van der Waals surface area contributed by atoms with Crippen molar-refractivity contribution in [3.63, 3.8) is 0 Å². The largest absolute Gasteiger partial charge is 0.208 e. The third-order valence-corrected chi connectivity index (χ3v) is 8.61. The van der Waals surface area contributed by atoms with Gasteiger partial charge in [-0.3, -0.25) is 0 Å². The van der Waals surface area contributed by atoms with Crippen molar-refractivity contribution < 1.29 is 0 Å². The molecular weight excluding hydrogens is 585 g/mol. The number of nitrogens with zero attached hydrogens (tertiary/aromatic N) is 4. The van der Waals surface area contributed by atoms with Crippen LogP contribution in [0.5, 0.6) is 0 Å². The molecule has 224 valence electrons.